The van der Waals surface area contributed by atoms with Gasteiger partial charge in [-0.25, -0.2) is 0 Å². The van der Waals surface area contributed by atoms with Crippen LogP contribution in [-0.4, -0.2) is 31.3 Å². The minimum absolute atomic E-state index is 0. The summed E-state index contributed by atoms with van der Waals surface area (Å²) in [7, 11) is 0. The summed E-state index contributed by atoms with van der Waals surface area (Å²) in [6, 6.07) is 28.0. The summed E-state index contributed by atoms with van der Waals surface area (Å²) in [5.74, 6) is 1.69. The highest BCUT2D eigenvalue weighted by Gasteiger charge is 2.24. The van der Waals surface area contributed by atoms with Crippen molar-refractivity contribution < 1.29 is 5.11 Å². The molecular weight excluding hydrogens is 451 g/mol. The molecule has 2 aliphatic heterocycles. The predicted octanol–water partition coefficient (Wildman–Crippen LogP) is 7.00. The number of rotatable bonds is 4. The zero-order valence-electron chi connectivity index (χ0n) is 19.0. The van der Waals surface area contributed by atoms with E-state index >= 15 is 0 Å². The van der Waals surface area contributed by atoms with Gasteiger partial charge in [-0.3, -0.25) is 0 Å². The van der Waals surface area contributed by atoms with Gasteiger partial charge in [-0.1, -0.05) is 60.7 Å². The summed E-state index contributed by atoms with van der Waals surface area (Å²) < 4.78 is 0. The van der Waals surface area contributed by atoms with Crippen molar-refractivity contribution in [2.45, 2.75) is 37.5 Å². The Morgan fingerprint density at radius 1 is 0.576 bits per heavy atom. The van der Waals surface area contributed by atoms with E-state index in [4.69, 9.17) is 0 Å². The second-order valence-corrected chi connectivity index (χ2v) is 9.02. The maximum absolute atomic E-state index is 10.6. The normalized spacial score (nSPS) is 17.2. The highest BCUT2D eigenvalue weighted by Crippen LogP contribution is 2.38. The Bertz CT molecular complexity index is 983. The minimum atomic E-state index is 0. The van der Waals surface area contributed by atoms with Crippen molar-refractivity contribution in [3.63, 3.8) is 0 Å². The van der Waals surface area contributed by atoms with Crippen LogP contribution in [0.2, 0.25) is 0 Å². The van der Waals surface area contributed by atoms with Crippen LogP contribution in [0, 0.1) is 0 Å². The fourth-order valence-corrected chi connectivity index (χ4v) is 5.34. The van der Waals surface area contributed by atoms with Crippen molar-refractivity contribution in [1.82, 2.24) is 0 Å². The summed E-state index contributed by atoms with van der Waals surface area (Å²) in [6.07, 6.45) is 4.64. The summed E-state index contributed by atoms with van der Waals surface area (Å²) in [5, 5.41) is 10.6. The zero-order valence-corrected chi connectivity index (χ0v) is 20.6. The van der Waals surface area contributed by atoms with Crippen LogP contribution >= 0.6 is 24.8 Å². The van der Waals surface area contributed by atoms with Crippen molar-refractivity contribution in [3.8, 4) is 5.75 Å². The molecule has 0 saturated carbocycles. The van der Waals surface area contributed by atoms with Crippen molar-refractivity contribution in [2.24, 2.45) is 0 Å². The lowest BCUT2D eigenvalue weighted by atomic mass is 9.89. The molecule has 3 aromatic carbocycles. The van der Waals surface area contributed by atoms with E-state index in [0.29, 0.717) is 17.6 Å². The third-order valence-corrected chi connectivity index (χ3v) is 7.20. The molecule has 0 bridgehead atoms. The van der Waals surface area contributed by atoms with Crippen LogP contribution in [-0.2, 0) is 0 Å². The Hall–Kier alpha value is -2.36. The van der Waals surface area contributed by atoms with E-state index < -0.39 is 0 Å². The first-order valence-corrected chi connectivity index (χ1v) is 11.7. The van der Waals surface area contributed by atoms with Crippen LogP contribution < -0.4 is 9.80 Å². The standard InChI is InChI=1S/C28H32N2O.2ClH/c31-28-12-11-26(29-17-13-24(14-18-29)22-7-3-1-4-8-22)21-27(28)30-19-15-25(16-20-30)23-9-5-2-6-10-23;;/h1-12,21,24-25,31H,13-20H2;2*1H. The molecule has 2 aliphatic rings. The van der Waals surface area contributed by atoms with Gasteiger partial charge in [0, 0.05) is 31.9 Å². The molecule has 0 atom stereocenters. The lowest BCUT2D eigenvalue weighted by molar-refractivity contribution is 0.461. The van der Waals surface area contributed by atoms with E-state index in [0.717, 1.165) is 44.7 Å². The van der Waals surface area contributed by atoms with Crippen LogP contribution in [0.25, 0.3) is 0 Å². The van der Waals surface area contributed by atoms with Crippen LogP contribution in [0.1, 0.15) is 48.6 Å². The molecule has 176 valence electrons. The molecule has 0 radical (unpaired) electrons. The lowest BCUT2D eigenvalue weighted by Gasteiger charge is -2.36. The molecule has 5 heteroatoms. The van der Waals surface area contributed by atoms with Gasteiger partial charge < -0.3 is 14.9 Å². The largest absolute Gasteiger partial charge is 0.506 e. The summed E-state index contributed by atoms with van der Waals surface area (Å²) >= 11 is 0. The molecule has 0 amide bonds. The molecule has 3 nitrogen and oxygen atoms in total. The van der Waals surface area contributed by atoms with Crippen molar-refractivity contribution >= 4 is 36.2 Å². The van der Waals surface area contributed by atoms with Crippen molar-refractivity contribution in [2.75, 3.05) is 36.0 Å². The van der Waals surface area contributed by atoms with E-state index in [1.165, 1.54) is 29.7 Å². The predicted molar refractivity (Wildman–Crippen MR) is 144 cm³/mol. The third-order valence-electron chi connectivity index (χ3n) is 7.20. The fraction of sp³-hybridized carbons (Fsp3) is 0.357. The van der Waals surface area contributed by atoms with Gasteiger partial charge in [0.05, 0.1) is 5.69 Å². The number of aromatic hydroxyl groups is 1. The van der Waals surface area contributed by atoms with Crippen molar-refractivity contribution in [1.29, 1.82) is 0 Å². The maximum Gasteiger partial charge on any atom is 0.139 e. The van der Waals surface area contributed by atoms with E-state index in [1.54, 1.807) is 0 Å². The Morgan fingerprint density at radius 2 is 1.03 bits per heavy atom. The first kappa shape index (κ1) is 25.3. The summed E-state index contributed by atoms with van der Waals surface area (Å²) in [5.41, 5.74) is 5.15. The molecule has 3 aromatic rings. The first-order chi connectivity index (χ1) is 15.3. The molecule has 0 aromatic heterocycles. The van der Waals surface area contributed by atoms with Gasteiger partial charge in [-0.15, -0.1) is 24.8 Å². The lowest BCUT2D eigenvalue weighted by Crippen LogP contribution is -2.34. The van der Waals surface area contributed by atoms with Crippen molar-refractivity contribution in [3.05, 3.63) is 90.0 Å². The van der Waals surface area contributed by atoms with Gasteiger partial charge in [0.15, 0.2) is 0 Å². The van der Waals surface area contributed by atoms with E-state index in [-0.39, 0.29) is 24.8 Å². The average molecular weight is 485 g/mol. The molecule has 0 unspecified atom stereocenters. The Balaban J connectivity index is 0.00000153. The number of nitrogens with zero attached hydrogens (tertiary/aromatic N) is 2. The molecular formula is C28H34Cl2N2O. The Labute approximate surface area is 210 Å². The summed E-state index contributed by atoms with van der Waals surface area (Å²) in [6.45, 7) is 4.12. The van der Waals surface area contributed by atoms with E-state index in [2.05, 4.69) is 82.6 Å². The van der Waals surface area contributed by atoms with E-state index in [1.807, 2.05) is 6.07 Å². The van der Waals surface area contributed by atoms with Gasteiger partial charge >= 0.3 is 0 Å². The number of piperidine rings is 2. The molecule has 33 heavy (non-hydrogen) atoms. The molecule has 2 heterocycles. The quantitative estimate of drug-likeness (QED) is 0.431. The second kappa shape index (κ2) is 11.7. The summed E-state index contributed by atoms with van der Waals surface area (Å²) in [4.78, 5) is 4.86. The second-order valence-electron chi connectivity index (χ2n) is 9.02. The smallest absolute Gasteiger partial charge is 0.139 e. The molecule has 2 saturated heterocycles. The topological polar surface area (TPSA) is 26.7 Å². The monoisotopic (exact) mass is 484 g/mol. The zero-order chi connectivity index (χ0) is 21.0. The molecule has 1 N–H and O–H groups in total. The SMILES string of the molecule is Cl.Cl.Oc1ccc(N2CCC(c3ccccc3)CC2)cc1N1CCC(c2ccccc2)CC1. The third kappa shape index (κ3) is 5.77. The average Bonchev–Trinajstić information content (AvgIpc) is 2.86. The van der Waals surface area contributed by atoms with E-state index in [9.17, 15) is 5.11 Å². The van der Waals surface area contributed by atoms with Gasteiger partial charge in [0.1, 0.15) is 5.75 Å². The number of halogens is 2. The molecule has 0 spiro atoms. The molecule has 5 rings (SSSR count). The maximum atomic E-state index is 10.6. The fourth-order valence-electron chi connectivity index (χ4n) is 5.34. The molecule has 0 aliphatic carbocycles. The van der Waals surface area contributed by atoms with Gasteiger partial charge in [-0.05, 0) is 66.8 Å². The first-order valence-electron chi connectivity index (χ1n) is 11.7. The number of hydrogen-bond donors (Lipinski definition) is 1. The van der Waals surface area contributed by atoms with Gasteiger partial charge in [-0.2, -0.15) is 0 Å². The number of hydrogen-bond acceptors (Lipinski definition) is 3. The Kier molecular flexibility index (Phi) is 8.94. The van der Waals surface area contributed by atoms with Crippen LogP contribution in [0.3, 0.4) is 0 Å². The highest BCUT2D eigenvalue weighted by atomic mass is 35.5. The minimum Gasteiger partial charge on any atom is -0.506 e. The van der Waals surface area contributed by atoms with Crippen LogP contribution in [0.5, 0.6) is 5.75 Å². The van der Waals surface area contributed by atoms with Crippen LogP contribution in [0.4, 0.5) is 11.4 Å². The number of anilines is 2. The number of phenolic OH excluding ortho intramolecular Hbond substituents is 1. The molecule has 2 fully saturated rings. The number of phenols is 1. The van der Waals surface area contributed by atoms with Crippen LogP contribution in [0.15, 0.2) is 78.9 Å². The van der Waals surface area contributed by atoms with Gasteiger partial charge in [0.2, 0.25) is 0 Å². The highest BCUT2D eigenvalue weighted by molar-refractivity contribution is 5.85. The van der Waals surface area contributed by atoms with Gasteiger partial charge in [0.25, 0.3) is 0 Å². The number of benzene rings is 3. The Morgan fingerprint density at radius 3 is 1.52 bits per heavy atom.